The van der Waals surface area contributed by atoms with Gasteiger partial charge in [-0.25, -0.2) is 0 Å². The van der Waals surface area contributed by atoms with Crippen LogP contribution in [0.4, 0.5) is 11.4 Å². The molecule has 1 fully saturated rings. The lowest BCUT2D eigenvalue weighted by atomic mass is 10.1. The quantitative estimate of drug-likeness (QED) is 0.744. The molecule has 1 unspecified atom stereocenters. The molecule has 0 saturated carbocycles. The van der Waals surface area contributed by atoms with Gasteiger partial charge in [0.25, 0.3) is 0 Å². The van der Waals surface area contributed by atoms with E-state index >= 15 is 0 Å². The zero-order valence-corrected chi connectivity index (χ0v) is 17.4. The largest absolute Gasteiger partial charge is 0.347 e. The van der Waals surface area contributed by atoms with Gasteiger partial charge >= 0.3 is 0 Å². The Morgan fingerprint density at radius 3 is 2.54 bits per heavy atom. The second-order valence-corrected chi connectivity index (χ2v) is 7.88. The average molecular weight is 444 g/mol. The molecule has 6 nitrogen and oxygen atoms in total. The van der Waals surface area contributed by atoms with Crippen molar-refractivity contribution < 1.29 is 14.4 Å². The number of nitrogens with one attached hydrogen (secondary N) is 2. The standard InChI is InChI=1S/C21H22BrN3O3/c1-13-3-6-17(7-4-13)25-12-15(10-20(25)27)21(28)23-11-19(26)24-18-8-5-16(22)9-14(18)2/h3-9,15H,10-12H2,1-2H3,(H,23,28)(H,24,26). The molecular weight excluding hydrogens is 422 g/mol. The normalized spacial score (nSPS) is 16.2. The topological polar surface area (TPSA) is 78.5 Å². The van der Waals surface area contributed by atoms with Crippen molar-refractivity contribution in [1.82, 2.24) is 5.32 Å². The van der Waals surface area contributed by atoms with Crippen LogP contribution in [0.1, 0.15) is 17.5 Å². The molecule has 1 heterocycles. The van der Waals surface area contributed by atoms with E-state index in [0.29, 0.717) is 12.2 Å². The van der Waals surface area contributed by atoms with E-state index in [0.717, 1.165) is 21.3 Å². The van der Waals surface area contributed by atoms with Gasteiger partial charge in [-0.15, -0.1) is 0 Å². The van der Waals surface area contributed by atoms with Crippen molar-refractivity contribution in [2.24, 2.45) is 5.92 Å². The van der Waals surface area contributed by atoms with Crippen LogP contribution in [0, 0.1) is 19.8 Å². The van der Waals surface area contributed by atoms with Gasteiger partial charge in [-0.05, 0) is 49.7 Å². The lowest BCUT2D eigenvalue weighted by molar-refractivity contribution is -0.127. The van der Waals surface area contributed by atoms with Gasteiger partial charge in [0.2, 0.25) is 17.7 Å². The molecule has 7 heteroatoms. The molecule has 0 radical (unpaired) electrons. The van der Waals surface area contributed by atoms with Gasteiger partial charge in [0.05, 0.1) is 12.5 Å². The second kappa shape index (κ2) is 8.56. The number of aryl methyl sites for hydroxylation is 2. The van der Waals surface area contributed by atoms with Crippen LogP contribution in [0.3, 0.4) is 0 Å². The van der Waals surface area contributed by atoms with Gasteiger partial charge in [0.1, 0.15) is 0 Å². The molecule has 1 saturated heterocycles. The minimum atomic E-state index is -0.462. The van der Waals surface area contributed by atoms with Gasteiger partial charge in [0.15, 0.2) is 0 Å². The number of hydrogen-bond donors (Lipinski definition) is 2. The molecule has 2 N–H and O–H groups in total. The molecule has 3 rings (SSSR count). The summed E-state index contributed by atoms with van der Waals surface area (Å²) < 4.78 is 0.931. The third kappa shape index (κ3) is 4.78. The first-order valence-corrected chi connectivity index (χ1v) is 9.83. The Morgan fingerprint density at radius 2 is 1.86 bits per heavy atom. The molecule has 0 aromatic heterocycles. The maximum Gasteiger partial charge on any atom is 0.243 e. The van der Waals surface area contributed by atoms with E-state index in [1.165, 1.54) is 0 Å². The van der Waals surface area contributed by atoms with Crippen LogP contribution in [0.15, 0.2) is 46.9 Å². The van der Waals surface area contributed by atoms with E-state index < -0.39 is 5.92 Å². The van der Waals surface area contributed by atoms with Crippen LogP contribution in [0.2, 0.25) is 0 Å². The third-order valence-electron chi connectivity index (χ3n) is 4.73. The predicted octanol–water partition coefficient (Wildman–Crippen LogP) is 3.17. The summed E-state index contributed by atoms with van der Waals surface area (Å²) in [6, 6.07) is 13.2. The van der Waals surface area contributed by atoms with E-state index in [1.54, 1.807) is 11.0 Å². The van der Waals surface area contributed by atoms with Gasteiger partial charge < -0.3 is 15.5 Å². The molecule has 2 aromatic carbocycles. The van der Waals surface area contributed by atoms with Crippen LogP contribution in [-0.2, 0) is 14.4 Å². The van der Waals surface area contributed by atoms with Crippen LogP contribution >= 0.6 is 15.9 Å². The SMILES string of the molecule is Cc1ccc(N2CC(C(=O)NCC(=O)Nc3ccc(Br)cc3C)CC2=O)cc1. The van der Waals surface area contributed by atoms with Crippen molar-refractivity contribution in [2.75, 3.05) is 23.3 Å². The number of hydrogen-bond acceptors (Lipinski definition) is 3. The molecule has 1 atom stereocenters. The summed E-state index contributed by atoms with van der Waals surface area (Å²) in [6.07, 6.45) is 0.146. The highest BCUT2D eigenvalue weighted by Crippen LogP contribution is 2.25. The van der Waals surface area contributed by atoms with Gasteiger partial charge in [-0.2, -0.15) is 0 Å². The van der Waals surface area contributed by atoms with Gasteiger partial charge in [0, 0.05) is 28.8 Å². The number of carbonyl (C=O) groups excluding carboxylic acids is 3. The summed E-state index contributed by atoms with van der Waals surface area (Å²) in [7, 11) is 0. The molecule has 1 aliphatic heterocycles. The van der Waals surface area contributed by atoms with E-state index in [4.69, 9.17) is 0 Å². The smallest absolute Gasteiger partial charge is 0.243 e. The van der Waals surface area contributed by atoms with Crippen LogP contribution in [-0.4, -0.2) is 30.8 Å². The minimum Gasteiger partial charge on any atom is -0.347 e. The maximum atomic E-state index is 12.4. The third-order valence-corrected chi connectivity index (χ3v) is 5.22. The molecule has 3 amide bonds. The van der Waals surface area contributed by atoms with Crippen molar-refractivity contribution in [3.05, 3.63) is 58.1 Å². The highest BCUT2D eigenvalue weighted by atomic mass is 79.9. The lowest BCUT2D eigenvalue weighted by Crippen LogP contribution is -2.38. The summed E-state index contributed by atoms with van der Waals surface area (Å²) in [5.74, 6) is -1.14. The van der Waals surface area contributed by atoms with E-state index in [9.17, 15) is 14.4 Å². The van der Waals surface area contributed by atoms with Crippen LogP contribution in [0.5, 0.6) is 0 Å². The van der Waals surface area contributed by atoms with Gasteiger partial charge in [-0.3, -0.25) is 14.4 Å². The highest BCUT2D eigenvalue weighted by molar-refractivity contribution is 9.10. The summed E-state index contributed by atoms with van der Waals surface area (Å²) in [6.45, 7) is 4.06. The summed E-state index contributed by atoms with van der Waals surface area (Å²) >= 11 is 3.38. The fraction of sp³-hybridized carbons (Fsp3) is 0.286. The van der Waals surface area contributed by atoms with Crippen molar-refractivity contribution in [3.63, 3.8) is 0 Å². The summed E-state index contributed by atoms with van der Waals surface area (Å²) in [5, 5.41) is 5.42. The predicted molar refractivity (Wildman–Crippen MR) is 112 cm³/mol. The zero-order chi connectivity index (χ0) is 20.3. The average Bonchev–Trinajstić information content (AvgIpc) is 3.04. The fourth-order valence-corrected chi connectivity index (χ4v) is 3.61. The molecule has 2 aromatic rings. The Morgan fingerprint density at radius 1 is 1.14 bits per heavy atom. The van der Waals surface area contributed by atoms with Gasteiger partial charge in [-0.1, -0.05) is 33.6 Å². The first-order chi connectivity index (χ1) is 13.3. The monoisotopic (exact) mass is 443 g/mol. The lowest BCUT2D eigenvalue weighted by Gasteiger charge is -2.17. The second-order valence-electron chi connectivity index (χ2n) is 6.97. The summed E-state index contributed by atoms with van der Waals surface area (Å²) in [5.41, 5.74) is 3.51. The Kier molecular flexibility index (Phi) is 6.14. The first-order valence-electron chi connectivity index (χ1n) is 9.04. The van der Waals surface area contributed by atoms with Crippen molar-refractivity contribution in [2.45, 2.75) is 20.3 Å². The number of halogens is 1. The Balaban J connectivity index is 1.53. The first kappa shape index (κ1) is 20.1. The number of anilines is 2. The molecule has 0 spiro atoms. The Labute approximate surface area is 172 Å². The number of nitrogens with zero attached hydrogens (tertiary/aromatic N) is 1. The molecule has 0 aliphatic carbocycles. The minimum absolute atomic E-state index is 0.0843. The maximum absolute atomic E-state index is 12.4. The number of rotatable bonds is 5. The van der Waals surface area contributed by atoms with E-state index in [1.807, 2.05) is 50.2 Å². The van der Waals surface area contributed by atoms with E-state index in [-0.39, 0.29) is 30.7 Å². The Bertz CT molecular complexity index is 912. The molecule has 146 valence electrons. The summed E-state index contributed by atoms with van der Waals surface area (Å²) in [4.78, 5) is 38.5. The number of amides is 3. The van der Waals surface area contributed by atoms with Crippen LogP contribution in [0.25, 0.3) is 0 Å². The Hall–Kier alpha value is -2.67. The van der Waals surface area contributed by atoms with Crippen LogP contribution < -0.4 is 15.5 Å². The molecular formula is C21H22BrN3O3. The van der Waals surface area contributed by atoms with E-state index in [2.05, 4.69) is 26.6 Å². The highest BCUT2D eigenvalue weighted by Gasteiger charge is 2.35. The number of benzene rings is 2. The zero-order valence-electron chi connectivity index (χ0n) is 15.8. The van der Waals surface area contributed by atoms with Crippen molar-refractivity contribution in [3.8, 4) is 0 Å². The molecule has 1 aliphatic rings. The van der Waals surface area contributed by atoms with Crippen molar-refractivity contribution >= 4 is 45.0 Å². The fourth-order valence-electron chi connectivity index (χ4n) is 3.13. The molecule has 28 heavy (non-hydrogen) atoms. The molecule has 0 bridgehead atoms. The number of carbonyl (C=O) groups is 3. The van der Waals surface area contributed by atoms with Crippen molar-refractivity contribution in [1.29, 1.82) is 0 Å².